The van der Waals surface area contributed by atoms with Gasteiger partial charge in [0, 0.05) is 6.92 Å². The van der Waals surface area contributed by atoms with E-state index in [1.807, 2.05) is 0 Å². The monoisotopic (exact) mass is 204 g/mol. The van der Waals surface area contributed by atoms with Crippen LogP contribution in [0.4, 0.5) is 0 Å². The summed E-state index contributed by atoms with van der Waals surface area (Å²) in [5, 5.41) is 19.9. The van der Waals surface area contributed by atoms with Crippen LogP contribution >= 0.6 is 0 Å². The molecule has 0 fully saturated rings. The fourth-order valence-corrected chi connectivity index (χ4v) is 0.981. The van der Waals surface area contributed by atoms with E-state index in [9.17, 15) is 9.59 Å². The highest BCUT2D eigenvalue weighted by Crippen LogP contribution is 2.01. The van der Waals surface area contributed by atoms with Gasteiger partial charge in [-0.05, 0) is 12.8 Å². The van der Waals surface area contributed by atoms with Gasteiger partial charge in [-0.25, -0.2) is 0 Å². The van der Waals surface area contributed by atoms with E-state index >= 15 is 0 Å². The summed E-state index contributed by atoms with van der Waals surface area (Å²) in [4.78, 5) is 21.4. The third-order valence-electron chi connectivity index (χ3n) is 1.72. The van der Waals surface area contributed by atoms with Crippen LogP contribution in [0.25, 0.3) is 0 Å². The molecule has 0 rings (SSSR count). The van der Waals surface area contributed by atoms with E-state index < -0.39 is 18.1 Å². The highest BCUT2D eigenvalue weighted by atomic mass is 16.3. The van der Waals surface area contributed by atoms with Crippen LogP contribution < -0.4 is 11.1 Å². The lowest BCUT2D eigenvalue weighted by Crippen LogP contribution is -2.44. The van der Waals surface area contributed by atoms with Gasteiger partial charge >= 0.3 is 0 Å². The zero-order valence-electron chi connectivity index (χ0n) is 8.06. The molecule has 2 atom stereocenters. The van der Waals surface area contributed by atoms with Gasteiger partial charge in [-0.2, -0.15) is 0 Å². The molecule has 0 unspecified atom stereocenters. The van der Waals surface area contributed by atoms with Gasteiger partial charge < -0.3 is 21.3 Å². The number of hydrogen-bond donors (Lipinski definition) is 4. The fraction of sp³-hybridized carbons (Fsp3) is 0.750. The minimum atomic E-state index is -0.884. The molecule has 0 bridgehead atoms. The Balaban J connectivity index is 3.97. The number of aliphatic hydroxyl groups excluding tert-OH is 2. The number of hydrogen-bond acceptors (Lipinski definition) is 4. The predicted octanol–water partition coefficient (Wildman–Crippen LogP) is -1.89. The molecule has 0 aliphatic heterocycles. The Morgan fingerprint density at radius 1 is 1.43 bits per heavy atom. The van der Waals surface area contributed by atoms with Crippen LogP contribution in [0.15, 0.2) is 0 Å². The van der Waals surface area contributed by atoms with E-state index in [1.165, 1.54) is 6.92 Å². The minimum absolute atomic E-state index is 0.213. The molecule has 0 aromatic carbocycles. The standard InChI is InChI=1S/C8H16N2O4/c1-5(12)10-7(8(9)14)3-2-6(13)4-11/h6-7,11,13H,2-4H2,1H3,(H2,9,14)(H,10,12)/t6-,7+/m0/s1. The highest BCUT2D eigenvalue weighted by molar-refractivity contribution is 5.85. The third-order valence-corrected chi connectivity index (χ3v) is 1.72. The maximum Gasteiger partial charge on any atom is 0.240 e. The van der Waals surface area contributed by atoms with Gasteiger partial charge in [0.15, 0.2) is 0 Å². The Hall–Kier alpha value is -1.14. The average Bonchev–Trinajstić information content (AvgIpc) is 2.10. The summed E-state index contributed by atoms with van der Waals surface area (Å²) in [6.07, 6.45) is -0.452. The summed E-state index contributed by atoms with van der Waals surface area (Å²) in [5.74, 6) is -1.00. The summed E-state index contributed by atoms with van der Waals surface area (Å²) < 4.78 is 0. The van der Waals surface area contributed by atoms with Crippen LogP contribution in [0.3, 0.4) is 0 Å². The molecule has 14 heavy (non-hydrogen) atoms. The molecule has 0 radical (unpaired) electrons. The molecule has 0 saturated heterocycles. The van der Waals surface area contributed by atoms with E-state index in [0.717, 1.165) is 0 Å². The number of amides is 2. The van der Waals surface area contributed by atoms with Crippen molar-refractivity contribution in [1.82, 2.24) is 5.32 Å². The van der Waals surface area contributed by atoms with E-state index in [2.05, 4.69) is 5.32 Å². The number of rotatable bonds is 6. The molecule has 0 heterocycles. The van der Waals surface area contributed by atoms with Gasteiger partial charge in [0.2, 0.25) is 11.8 Å². The van der Waals surface area contributed by atoms with Gasteiger partial charge in [0.1, 0.15) is 6.04 Å². The van der Waals surface area contributed by atoms with Crippen LogP contribution in [0.1, 0.15) is 19.8 Å². The Bertz CT molecular complexity index is 208. The van der Waals surface area contributed by atoms with Crippen LogP contribution in [-0.2, 0) is 9.59 Å². The molecule has 0 aromatic heterocycles. The number of carbonyl (C=O) groups excluding carboxylic acids is 2. The average molecular weight is 204 g/mol. The Kier molecular flexibility index (Phi) is 5.82. The summed E-state index contributed by atoms with van der Waals surface area (Å²) in [5.41, 5.74) is 5.01. The summed E-state index contributed by atoms with van der Waals surface area (Å²) >= 11 is 0. The molecule has 82 valence electrons. The third kappa shape index (κ3) is 5.50. The zero-order valence-corrected chi connectivity index (χ0v) is 8.06. The van der Waals surface area contributed by atoms with Crippen molar-refractivity contribution in [3.8, 4) is 0 Å². The second kappa shape index (κ2) is 6.33. The summed E-state index contributed by atoms with van der Waals surface area (Å²) in [6.45, 7) is 0.907. The Labute approximate surface area is 82.1 Å². The Morgan fingerprint density at radius 3 is 2.36 bits per heavy atom. The normalized spacial score (nSPS) is 14.5. The lowest BCUT2D eigenvalue weighted by atomic mass is 10.1. The van der Waals surface area contributed by atoms with E-state index in [1.54, 1.807) is 0 Å². The molecular weight excluding hydrogens is 188 g/mol. The molecule has 0 aliphatic rings. The van der Waals surface area contributed by atoms with Gasteiger partial charge in [0.25, 0.3) is 0 Å². The number of primary amides is 1. The van der Waals surface area contributed by atoms with Crippen molar-refractivity contribution < 1.29 is 19.8 Å². The second-order valence-corrected chi connectivity index (χ2v) is 3.07. The first-order chi connectivity index (χ1) is 6.47. The molecule has 6 nitrogen and oxygen atoms in total. The molecular formula is C8H16N2O4. The molecule has 0 saturated carbocycles. The van der Waals surface area contributed by atoms with Crippen LogP contribution in [0.2, 0.25) is 0 Å². The van der Waals surface area contributed by atoms with Gasteiger partial charge in [-0.15, -0.1) is 0 Å². The van der Waals surface area contributed by atoms with Crippen molar-refractivity contribution in [1.29, 1.82) is 0 Å². The predicted molar refractivity (Wildman–Crippen MR) is 49.1 cm³/mol. The Morgan fingerprint density at radius 2 is 2.00 bits per heavy atom. The number of carbonyl (C=O) groups is 2. The van der Waals surface area contributed by atoms with Crippen molar-refractivity contribution in [2.45, 2.75) is 31.9 Å². The first-order valence-corrected chi connectivity index (χ1v) is 4.32. The topological polar surface area (TPSA) is 113 Å². The molecule has 2 amide bonds. The molecule has 0 spiro atoms. The molecule has 6 heteroatoms. The quantitative estimate of drug-likeness (QED) is 0.405. The molecule has 0 aliphatic carbocycles. The molecule has 0 aromatic rings. The van der Waals surface area contributed by atoms with Gasteiger partial charge in [-0.1, -0.05) is 0 Å². The second-order valence-electron chi connectivity index (χ2n) is 3.07. The largest absolute Gasteiger partial charge is 0.394 e. The minimum Gasteiger partial charge on any atom is -0.394 e. The van der Waals surface area contributed by atoms with E-state index in [4.69, 9.17) is 15.9 Å². The first kappa shape index (κ1) is 12.9. The summed E-state index contributed by atoms with van der Waals surface area (Å²) in [6, 6.07) is -0.784. The van der Waals surface area contributed by atoms with Crippen molar-refractivity contribution in [2.24, 2.45) is 5.73 Å². The molecule has 5 N–H and O–H groups in total. The maximum absolute atomic E-state index is 10.8. The van der Waals surface area contributed by atoms with Crippen LogP contribution in [0, 0.1) is 0 Å². The highest BCUT2D eigenvalue weighted by Gasteiger charge is 2.17. The van der Waals surface area contributed by atoms with Crippen LogP contribution in [-0.4, -0.2) is 40.8 Å². The van der Waals surface area contributed by atoms with Crippen molar-refractivity contribution in [3.63, 3.8) is 0 Å². The van der Waals surface area contributed by atoms with E-state index in [0.29, 0.717) is 0 Å². The number of nitrogens with one attached hydrogen (secondary N) is 1. The SMILES string of the molecule is CC(=O)N[C@H](CC[C@H](O)CO)C(N)=O. The van der Waals surface area contributed by atoms with Crippen molar-refractivity contribution in [2.75, 3.05) is 6.61 Å². The summed E-state index contributed by atoms with van der Waals surface area (Å²) in [7, 11) is 0. The van der Waals surface area contributed by atoms with Crippen molar-refractivity contribution >= 4 is 11.8 Å². The number of nitrogens with two attached hydrogens (primary N) is 1. The van der Waals surface area contributed by atoms with Crippen molar-refractivity contribution in [3.05, 3.63) is 0 Å². The zero-order chi connectivity index (χ0) is 11.1. The lowest BCUT2D eigenvalue weighted by Gasteiger charge is -2.15. The smallest absolute Gasteiger partial charge is 0.240 e. The number of aliphatic hydroxyl groups is 2. The van der Waals surface area contributed by atoms with Crippen LogP contribution in [0.5, 0.6) is 0 Å². The maximum atomic E-state index is 10.8. The fourth-order valence-electron chi connectivity index (χ4n) is 0.981. The van der Waals surface area contributed by atoms with E-state index in [-0.39, 0.29) is 25.4 Å². The lowest BCUT2D eigenvalue weighted by molar-refractivity contribution is -0.126. The first-order valence-electron chi connectivity index (χ1n) is 4.32. The van der Waals surface area contributed by atoms with Gasteiger partial charge in [-0.3, -0.25) is 9.59 Å². The van der Waals surface area contributed by atoms with Gasteiger partial charge in [0.05, 0.1) is 12.7 Å².